The van der Waals surface area contributed by atoms with E-state index in [9.17, 15) is 4.39 Å². The van der Waals surface area contributed by atoms with Crippen LogP contribution in [0.15, 0.2) is 34.9 Å². The Morgan fingerprint density at radius 2 is 2.17 bits per heavy atom. The Morgan fingerprint density at radius 1 is 1.39 bits per heavy atom. The van der Waals surface area contributed by atoms with E-state index in [-0.39, 0.29) is 5.88 Å². The number of nitrogens with one attached hydrogen (secondary N) is 1. The van der Waals surface area contributed by atoms with Crippen molar-refractivity contribution in [2.75, 3.05) is 11.9 Å². The van der Waals surface area contributed by atoms with Crippen LogP contribution < -0.4 is 10.1 Å². The SMILES string of the molecule is CCNc1ncc(F)c(Oc2ccccc2Br)n1. The van der Waals surface area contributed by atoms with Gasteiger partial charge in [0.15, 0.2) is 0 Å². The molecule has 2 rings (SSSR count). The van der Waals surface area contributed by atoms with Crippen LogP contribution in [0.4, 0.5) is 10.3 Å². The van der Waals surface area contributed by atoms with Crippen LogP contribution in [0.1, 0.15) is 6.92 Å². The van der Waals surface area contributed by atoms with Gasteiger partial charge in [-0.3, -0.25) is 0 Å². The molecule has 1 aromatic heterocycles. The monoisotopic (exact) mass is 311 g/mol. The van der Waals surface area contributed by atoms with Gasteiger partial charge >= 0.3 is 0 Å². The first-order chi connectivity index (χ1) is 8.70. The van der Waals surface area contributed by atoms with Crippen molar-refractivity contribution in [1.29, 1.82) is 0 Å². The lowest BCUT2D eigenvalue weighted by atomic mass is 10.3. The van der Waals surface area contributed by atoms with Crippen molar-refractivity contribution in [3.05, 3.63) is 40.8 Å². The highest BCUT2D eigenvalue weighted by Gasteiger charge is 2.10. The molecule has 0 spiro atoms. The minimum atomic E-state index is -0.604. The molecule has 0 aliphatic rings. The summed E-state index contributed by atoms with van der Waals surface area (Å²) in [5, 5.41) is 2.89. The van der Waals surface area contributed by atoms with Crippen LogP contribution in [0.25, 0.3) is 0 Å². The van der Waals surface area contributed by atoms with Gasteiger partial charge in [-0.15, -0.1) is 0 Å². The lowest BCUT2D eigenvalue weighted by molar-refractivity contribution is 0.418. The summed E-state index contributed by atoms with van der Waals surface area (Å²) in [7, 11) is 0. The van der Waals surface area contributed by atoms with Gasteiger partial charge in [0.1, 0.15) is 5.75 Å². The Morgan fingerprint density at radius 3 is 2.89 bits per heavy atom. The lowest BCUT2D eigenvalue weighted by Gasteiger charge is -2.08. The summed E-state index contributed by atoms with van der Waals surface area (Å²) in [6.45, 7) is 2.56. The maximum Gasteiger partial charge on any atom is 0.260 e. The summed E-state index contributed by atoms with van der Waals surface area (Å²) in [5.74, 6) is 0.124. The van der Waals surface area contributed by atoms with E-state index in [1.54, 1.807) is 18.2 Å². The van der Waals surface area contributed by atoms with Gasteiger partial charge in [0, 0.05) is 6.54 Å². The first kappa shape index (κ1) is 12.8. The van der Waals surface area contributed by atoms with Crippen LogP contribution in [0, 0.1) is 5.82 Å². The third kappa shape index (κ3) is 2.95. The smallest absolute Gasteiger partial charge is 0.260 e. The zero-order valence-electron chi connectivity index (χ0n) is 9.65. The molecule has 1 aromatic carbocycles. The number of ether oxygens (including phenoxy) is 1. The van der Waals surface area contributed by atoms with E-state index < -0.39 is 5.82 Å². The largest absolute Gasteiger partial charge is 0.435 e. The topological polar surface area (TPSA) is 47.0 Å². The molecule has 1 N–H and O–H groups in total. The highest BCUT2D eigenvalue weighted by molar-refractivity contribution is 9.10. The molecule has 0 amide bonds. The maximum atomic E-state index is 13.5. The number of hydrogen-bond donors (Lipinski definition) is 1. The third-order valence-corrected chi connectivity index (χ3v) is 2.75. The van der Waals surface area contributed by atoms with E-state index in [0.29, 0.717) is 18.2 Å². The van der Waals surface area contributed by atoms with Crippen molar-refractivity contribution in [2.24, 2.45) is 0 Å². The number of rotatable bonds is 4. The highest BCUT2D eigenvalue weighted by atomic mass is 79.9. The van der Waals surface area contributed by atoms with Crippen LogP contribution in [0.2, 0.25) is 0 Å². The molecule has 0 bridgehead atoms. The van der Waals surface area contributed by atoms with Crippen LogP contribution >= 0.6 is 15.9 Å². The van der Waals surface area contributed by atoms with Crippen molar-refractivity contribution in [1.82, 2.24) is 9.97 Å². The van der Waals surface area contributed by atoms with E-state index >= 15 is 0 Å². The van der Waals surface area contributed by atoms with Gasteiger partial charge in [-0.25, -0.2) is 4.98 Å². The second-order valence-electron chi connectivity index (χ2n) is 3.41. The molecule has 0 fully saturated rings. The van der Waals surface area contributed by atoms with Crippen LogP contribution in [-0.2, 0) is 0 Å². The second-order valence-corrected chi connectivity index (χ2v) is 4.26. The normalized spacial score (nSPS) is 10.2. The molecule has 0 unspecified atom stereocenters. The van der Waals surface area contributed by atoms with Gasteiger partial charge in [0.05, 0.1) is 10.7 Å². The summed E-state index contributed by atoms with van der Waals surface area (Å²) in [6, 6.07) is 7.17. The summed E-state index contributed by atoms with van der Waals surface area (Å²) < 4.78 is 19.7. The van der Waals surface area contributed by atoms with Crippen molar-refractivity contribution in [3.63, 3.8) is 0 Å². The summed E-state index contributed by atoms with van der Waals surface area (Å²) in [6.07, 6.45) is 1.08. The number of aromatic nitrogens is 2. The van der Waals surface area contributed by atoms with Crippen LogP contribution in [0.3, 0.4) is 0 Å². The fourth-order valence-electron chi connectivity index (χ4n) is 1.30. The first-order valence-corrected chi connectivity index (χ1v) is 6.18. The van der Waals surface area contributed by atoms with E-state index in [0.717, 1.165) is 10.7 Å². The summed E-state index contributed by atoms with van der Waals surface area (Å²) in [5.41, 5.74) is 0. The maximum absolute atomic E-state index is 13.5. The molecule has 0 aliphatic heterocycles. The number of anilines is 1. The van der Waals surface area contributed by atoms with E-state index in [1.165, 1.54) is 0 Å². The second kappa shape index (κ2) is 5.77. The molecule has 94 valence electrons. The molecule has 0 radical (unpaired) electrons. The Bertz CT molecular complexity index is 551. The molecule has 18 heavy (non-hydrogen) atoms. The predicted octanol–water partition coefficient (Wildman–Crippen LogP) is 3.60. The van der Waals surface area contributed by atoms with Crippen molar-refractivity contribution >= 4 is 21.9 Å². The number of nitrogens with zero attached hydrogens (tertiary/aromatic N) is 2. The van der Waals surface area contributed by atoms with E-state index in [4.69, 9.17) is 4.74 Å². The Balaban J connectivity index is 2.28. The van der Waals surface area contributed by atoms with Crippen molar-refractivity contribution in [2.45, 2.75) is 6.92 Å². The van der Waals surface area contributed by atoms with Gasteiger partial charge in [-0.2, -0.15) is 9.37 Å². The minimum Gasteiger partial charge on any atom is -0.435 e. The number of hydrogen-bond acceptors (Lipinski definition) is 4. The average molecular weight is 312 g/mol. The fourth-order valence-corrected chi connectivity index (χ4v) is 1.66. The molecule has 0 saturated carbocycles. The quantitative estimate of drug-likeness (QED) is 0.937. The Hall–Kier alpha value is -1.69. The van der Waals surface area contributed by atoms with E-state index in [2.05, 4.69) is 31.2 Å². The molecule has 6 heteroatoms. The molecule has 2 aromatic rings. The van der Waals surface area contributed by atoms with Crippen LogP contribution in [-0.4, -0.2) is 16.5 Å². The van der Waals surface area contributed by atoms with Crippen LogP contribution in [0.5, 0.6) is 11.6 Å². The average Bonchev–Trinajstić information content (AvgIpc) is 2.36. The van der Waals surface area contributed by atoms with Crippen molar-refractivity contribution < 1.29 is 9.13 Å². The molecule has 0 aliphatic carbocycles. The first-order valence-electron chi connectivity index (χ1n) is 5.39. The molecular weight excluding hydrogens is 301 g/mol. The minimum absolute atomic E-state index is 0.104. The molecule has 0 saturated heterocycles. The van der Waals surface area contributed by atoms with E-state index in [1.807, 2.05) is 13.0 Å². The number of benzene rings is 1. The van der Waals surface area contributed by atoms with Gasteiger partial charge in [-0.05, 0) is 35.0 Å². The zero-order chi connectivity index (χ0) is 13.0. The van der Waals surface area contributed by atoms with Gasteiger partial charge in [-0.1, -0.05) is 12.1 Å². The summed E-state index contributed by atoms with van der Waals surface area (Å²) in [4.78, 5) is 7.76. The number of para-hydroxylation sites is 1. The zero-order valence-corrected chi connectivity index (χ0v) is 11.2. The standard InChI is InChI=1S/C12H11BrFN3O/c1-2-15-12-16-7-9(14)11(17-12)18-10-6-4-3-5-8(10)13/h3-7H,2H2,1H3,(H,15,16,17). The lowest BCUT2D eigenvalue weighted by Crippen LogP contribution is -2.04. The molecule has 1 heterocycles. The molecular formula is C12H11BrFN3O. The third-order valence-electron chi connectivity index (χ3n) is 2.09. The predicted molar refractivity (Wildman–Crippen MR) is 70.4 cm³/mol. The van der Waals surface area contributed by atoms with Gasteiger partial charge in [0.2, 0.25) is 11.8 Å². The molecule has 0 atom stereocenters. The van der Waals surface area contributed by atoms with Gasteiger partial charge in [0.25, 0.3) is 5.88 Å². The fraction of sp³-hybridized carbons (Fsp3) is 0.167. The highest BCUT2D eigenvalue weighted by Crippen LogP contribution is 2.29. The Labute approximate surface area is 112 Å². The Kier molecular flexibility index (Phi) is 4.09. The number of halogens is 2. The van der Waals surface area contributed by atoms with Crippen molar-refractivity contribution in [3.8, 4) is 11.6 Å². The van der Waals surface area contributed by atoms with Gasteiger partial charge < -0.3 is 10.1 Å². The molecule has 4 nitrogen and oxygen atoms in total. The summed E-state index contributed by atoms with van der Waals surface area (Å²) >= 11 is 3.32.